The average Bonchev–Trinajstić information content (AvgIpc) is 3.54. The molecule has 0 N–H and O–H groups in total. The molecule has 0 amide bonds. The van der Waals surface area contributed by atoms with E-state index in [0.29, 0.717) is 5.56 Å². The van der Waals surface area contributed by atoms with Crippen molar-refractivity contribution in [2.45, 2.75) is 33.1 Å². The Kier molecular flexibility index (Phi) is 5.97. The van der Waals surface area contributed by atoms with Crippen LogP contribution >= 0.6 is 11.3 Å². The van der Waals surface area contributed by atoms with Gasteiger partial charge in [0.25, 0.3) is 0 Å². The summed E-state index contributed by atoms with van der Waals surface area (Å²) < 4.78 is 6.08. The molecule has 1 aliphatic rings. The predicted molar refractivity (Wildman–Crippen MR) is 131 cm³/mol. The van der Waals surface area contributed by atoms with Crippen molar-refractivity contribution in [3.63, 3.8) is 0 Å². The maximum Gasteiger partial charge on any atom is 0.339 e. The highest BCUT2D eigenvalue weighted by molar-refractivity contribution is 7.97. The molecule has 158 valence electrons. The molecule has 1 aliphatic carbocycles. The van der Waals surface area contributed by atoms with E-state index in [9.17, 15) is 4.79 Å². The lowest BCUT2D eigenvalue weighted by atomic mass is 9.95. The molecule has 0 saturated heterocycles. The Hall–Kier alpha value is -3.08. The van der Waals surface area contributed by atoms with Crippen LogP contribution in [0.3, 0.4) is 0 Å². The van der Waals surface area contributed by atoms with E-state index in [0.717, 1.165) is 18.4 Å². The van der Waals surface area contributed by atoms with Crippen LogP contribution in [0.2, 0.25) is 0 Å². The average molecular weight is 456 g/mol. The van der Waals surface area contributed by atoms with Crippen molar-refractivity contribution in [3.05, 3.63) is 125 Å². The smallest absolute Gasteiger partial charge is 0.339 e. The molecular weight excluding hydrogens is 432 g/mol. The maximum atomic E-state index is 13.1. The zero-order valence-electron chi connectivity index (χ0n) is 17.5. The molecule has 2 nitrogen and oxygen atoms in total. The van der Waals surface area contributed by atoms with Gasteiger partial charge in [-0.05, 0) is 84.3 Å². The Bertz CT molecular complexity index is 1160. The summed E-state index contributed by atoms with van der Waals surface area (Å²) in [6, 6.07) is 31.0. The Balaban J connectivity index is 1.43. The lowest BCUT2D eigenvalue weighted by Crippen LogP contribution is -2.28. The minimum absolute atomic E-state index is 0.235. The van der Waals surface area contributed by atoms with Gasteiger partial charge in [-0.1, -0.05) is 42.5 Å². The van der Waals surface area contributed by atoms with Gasteiger partial charge in [0.1, 0.15) is 0 Å². The van der Waals surface area contributed by atoms with Gasteiger partial charge < -0.3 is 4.74 Å². The van der Waals surface area contributed by atoms with Crippen LogP contribution < -0.4 is 0 Å². The van der Waals surface area contributed by atoms with Gasteiger partial charge in [0.05, 0.1) is 16.5 Å². The maximum absolute atomic E-state index is 13.1. The molecular formula is C28H23O2S2+. The van der Waals surface area contributed by atoms with Crippen LogP contribution in [0.1, 0.15) is 28.8 Å². The summed E-state index contributed by atoms with van der Waals surface area (Å²) in [5, 5.41) is 4.09. The fourth-order valence-corrected chi connectivity index (χ4v) is 6.83. The lowest BCUT2D eigenvalue weighted by Gasteiger charge is -2.27. The van der Waals surface area contributed by atoms with Crippen molar-refractivity contribution in [2.75, 3.05) is 0 Å². The number of benzene rings is 3. The number of esters is 1. The SMILES string of the molecule is O=C(OC1(c2ccsc2)C=CCC1)c1ccc([S+](c2ccccc2)c2ccccc2)cc1. The second kappa shape index (κ2) is 9.19. The second-order valence-corrected chi connectivity index (χ2v) is 10.5. The van der Waals surface area contributed by atoms with Gasteiger partial charge in [0.2, 0.25) is 0 Å². The Morgan fingerprint density at radius 1 is 0.812 bits per heavy atom. The van der Waals surface area contributed by atoms with Crippen LogP contribution in [-0.4, -0.2) is 5.97 Å². The molecule has 1 unspecified atom stereocenters. The molecule has 1 aromatic heterocycles. The summed E-state index contributed by atoms with van der Waals surface area (Å²) >= 11 is 1.62. The zero-order chi connectivity index (χ0) is 21.8. The topological polar surface area (TPSA) is 26.3 Å². The number of thiophene rings is 1. The molecule has 0 bridgehead atoms. The third-order valence-corrected chi connectivity index (χ3v) is 8.55. The molecule has 1 atom stereocenters. The first-order chi connectivity index (χ1) is 15.8. The van der Waals surface area contributed by atoms with E-state index in [1.165, 1.54) is 14.7 Å². The highest BCUT2D eigenvalue weighted by Crippen LogP contribution is 2.39. The lowest BCUT2D eigenvalue weighted by molar-refractivity contribution is 0.00193. The highest BCUT2D eigenvalue weighted by atomic mass is 32.2. The molecule has 0 spiro atoms. The summed E-state index contributed by atoms with van der Waals surface area (Å²) in [5.41, 5.74) is 0.984. The van der Waals surface area contributed by atoms with E-state index < -0.39 is 5.60 Å². The van der Waals surface area contributed by atoms with Gasteiger partial charge in [-0.15, -0.1) is 0 Å². The minimum atomic E-state index is -0.645. The molecule has 1 heterocycles. The first-order valence-corrected chi connectivity index (χ1v) is 12.8. The van der Waals surface area contributed by atoms with E-state index in [1.807, 2.05) is 41.8 Å². The monoisotopic (exact) mass is 455 g/mol. The number of allylic oxidation sites excluding steroid dienone is 1. The van der Waals surface area contributed by atoms with Gasteiger partial charge in [0, 0.05) is 5.56 Å². The minimum Gasteiger partial charge on any atom is -0.446 e. The largest absolute Gasteiger partial charge is 0.446 e. The molecule has 0 saturated carbocycles. The second-order valence-electron chi connectivity index (χ2n) is 7.69. The summed E-state index contributed by atoms with van der Waals surface area (Å²) in [6.07, 6.45) is 5.83. The quantitative estimate of drug-likeness (QED) is 0.174. The molecule has 4 aromatic rings. The number of hydrogen-bond acceptors (Lipinski definition) is 3. The van der Waals surface area contributed by atoms with E-state index in [-0.39, 0.29) is 16.9 Å². The normalized spacial score (nSPS) is 17.5. The van der Waals surface area contributed by atoms with E-state index in [4.69, 9.17) is 4.74 Å². The first-order valence-electron chi connectivity index (χ1n) is 10.6. The first kappa shape index (κ1) is 20.8. The molecule has 32 heavy (non-hydrogen) atoms. The van der Waals surface area contributed by atoms with Gasteiger partial charge >= 0.3 is 5.97 Å². The fraction of sp³-hybridized carbons (Fsp3) is 0.107. The van der Waals surface area contributed by atoms with Gasteiger partial charge in [-0.3, -0.25) is 0 Å². The van der Waals surface area contributed by atoms with Crippen molar-refractivity contribution >= 4 is 28.2 Å². The Morgan fingerprint density at radius 3 is 1.97 bits per heavy atom. The van der Waals surface area contributed by atoms with Crippen molar-refractivity contribution in [1.29, 1.82) is 0 Å². The molecule has 3 aromatic carbocycles. The molecule has 4 heteroatoms. The Morgan fingerprint density at radius 2 is 1.44 bits per heavy atom. The van der Waals surface area contributed by atoms with Crippen LogP contribution in [0, 0.1) is 0 Å². The molecule has 0 fully saturated rings. The number of carbonyl (C=O) groups excluding carboxylic acids is 1. The summed E-state index contributed by atoms with van der Waals surface area (Å²) in [5.74, 6) is -0.284. The van der Waals surface area contributed by atoms with E-state index >= 15 is 0 Å². The van der Waals surface area contributed by atoms with Gasteiger partial charge in [-0.25, -0.2) is 4.79 Å². The number of ether oxygens (including phenoxy) is 1. The highest BCUT2D eigenvalue weighted by Gasteiger charge is 2.37. The van der Waals surface area contributed by atoms with Crippen LogP contribution in [0.15, 0.2) is 129 Å². The van der Waals surface area contributed by atoms with E-state index in [1.54, 1.807) is 11.3 Å². The van der Waals surface area contributed by atoms with Gasteiger partial charge in [0.15, 0.2) is 20.3 Å². The fourth-order valence-electron chi connectivity index (χ4n) is 4.02. The van der Waals surface area contributed by atoms with Crippen molar-refractivity contribution in [2.24, 2.45) is 0 Å². The summed E-state index contributed by atoms with van der Waals surface area (Å²) in [4.78, 5) is 16.7. The molecule has 0 aliphatic heterocycles. The van der Waals surface area contributed by atoms with Crippen molar-refractivity contribution in [1.82, 2.24) is 0 Å². The third kappa shape index (κ3) is 4.16. The summed E-state index contributed by atoms with van der Waals surface area (Å²) in [6.45, 7) is 0. The standard InChI is InChI=1S/C28H23O2S2/c29-27(30-28(18-7-8-19-28)23-17-20-31-21-23)22-13-15-26(16-14-22)32(24-9-3-1-4-10-24)25-11-5-2-6-12-25/h1-7,9-18,20-21H,8,19H2/q+1. The number of carbonyl (C=O) groups is 1. The van der Waals surface area contributed by atoms with Crippen LogP contribution in [0.25, 0.3) is 0 Å². The number of hydrogen-bond donors (Lipinski definition) is 0. The molecule has 5 rings (SSSR count). The molecule has 0 radical (unpaired) electrons. The Labute approximate surface area is 195 Å². The summed E-state index contributed by atoms with van der Waals surface area (Å²) in [7, 11) is -0.235. The van der Waals surface area contributed by atoms with Crippen LogP contribution in [-0.2, 0) is 21.2 Å². The number of rotatable bonds is 6. The van der Waals surface area contributed by atoms with E-state index in [2.05, 4.69) is 72.1 Å². The predicted octanol–water partition coefficient (Wildman–Crippen LogP) is 7.25. The van der Waals surface area contributed by atoms with Crippen LogP contribution in [0.4, 0.5) is 0 Å². The van der Waals surface area contributed by atoms with Crippen molar-refractivity contribution in [3.8, 4) is 0 Å². The zero-order valence-corrected chi connectivity index (χ0v) is 19.1. The van der Waals surface area contributed by atoms with Crippen molar-refractivity contribution < 1.29 is 9.53 Å². The van der Waals surface area contributed by atoms with Crippen LogP contribution in [0.5, 0.6) is 0 Å². The third-order valence-electron chi connectivity index (χ3n) is 5.64. The van der Waals surface area contributed by atoms with Gasteiger partial charge in [-0.2, -0.15) is 11.3 Å².